The van der Waals surface area contributed by atoms with Gasteiger partial charge in [-0.3, -0.25) is 4.55 Å². The summed E-state index contributed by atoms with van der Waals surface area (Å²) >= 11 is 0. The molecule has 1 atom stereocenters. The van der Waals surface area contributed by atoms with Crippen LogP contribution in [0.5, 0.6) is 0 Å². The Morgan fingerprint density at radius 1 is 1.40 bits per heavy atom. The SMILES string of the molecule is C=C(C)C(CC=C(C)C)CCS(=O)(=O)O. The molecule has 88 valence electrons. The Labute approximate surface area is 92.6 Å². The molecule has 0 amide bonds. The van der Waals surface area contributed by atoms with Crippen molar-refractivity contribution in [2.24, 2.45) is 5.92 Å². The van der Waals surface area contributed by atoms with E-state index in [-0.39, 0.29) is 11.7 Å². The van der Waals surface area contributed by atoms with E-state index in [1.54, 1.807) is 0 Å². The number of hydrogen-bond donors (Lipinski definition) is 1. The zero-order valence-electron chi connectivity index (χ0n) is 9.66. The average Bonchev–Trinajstić information content (AvgIpc) is 2.00. The first kappa shape index (κ1) is 14.4. The predicted molar refractivity (Wildman–Crippen MR) is 63.4 cm³/mol. The lowest BCUT2D eigenvalue weighted by Gasteiger charge is -2.14. The molecule has 0 radical (unpaired) electrons. The van der Waals surface area contributed by atoms with Gasteiger partial charge in [0.1, 0.15) is 0 Å². The van der Waals surface area contributed by atoms with Crippen LogP contribution in [0, 0.1) is 5.92 Å². The van der Waals surface area contributed by atoms with E-state index in [2.05, 4.69) is 12.7 Å². The van der Waals surface area contributed by atoms with E-state index < -0.39 is 10.1 Å². The van der Waals surface area contributed by atoms with Gasteiger partial charge in [-0.05, 0) is 39.5 Å². The third kappa shape index (κ3) is 8.39. The average molecular weight is 232 g/mol. The highest BCUT2D eigenvalue weighted by molar-refractivity contribution is 7.85. The van der Waals surface area contributed by atoms with Gasteiger partial charge in [0.15, 0.2) is 0 Å². The standard InChI is InChI=1S/C11H20O3S/c1-9(2)5-6-11(10(3)4)7-8-15(12,13)14/h5,11H,3,6-8H2,1-2,4H3,(H,12,13,14). The first-order valence-corrected chi connectivity index (χ1v) is 6.57. The van der Waals surface area contributed by atoms with Crippen molar-refractivity contribution in [1.29, 1.82) is 0 Å². The molecule has 0 saturated heterocycles. The fourth-order valence-electron chi connectivity index (χ4n) is 1.23. The molecule has 0 bridgehead atoms. The molecule has 0 aliphatic rings. The van der Waals surface area contributed by atoms with Crippen LogP contribution >= 0.6 is 0 Å². The maximum Gasteiger partial charge on any atom is 0.264 e. The van der Waals surface area contributed by atoms with Crippen molar-refractivity contribution in [3.8, 4) is 0 Å². The van der Waals surface area contributed by atoms with Crippen molar-refractivity contribution in [3.63, 3.8) is 0 Å². The van der Waals surface area contributed by atoms with Crippen LogP contribution in [0.15, 0.2) is 23.8 Å². The second-order valence-electron chi connectivity index (χ2n) is 4.14. The first-order chi connectivity index (χ1) is 6.72. The molecule has 0 saturated carbocycles. The molecule has 0 heterocycles. The van der Waals surface area contributed by atoms with Gasteiger partial charge in [0.05, 0.1) is 5.75 Å². The highest BCUT2D eigenvalue weighted by Crippen LogP contribution is 2.19. The Hall–Kier alpha value is -0.610. The van der Waals surface area contributed by atoms with Gasteiger partial charge in [0, 0.05) is 0 Å². The Kier molecular flexibility index (Phi) is 5.83. The van der Waals surface area contributed by atoms with Crippen LogP contribution in [0.25, 0.3) is 0 Å². The number of allylic oxidation sites excluding steroid dienone is 3. The molecule has 0 aromatic carbocycles. The van der Waals surface area contributed by atoms with Crippen LogP contribution < -0.4 is 0 Å². The Morgan fingerprint density at radius 3 is 2.27 bits per heavy atom. The van der Waals surface area contributed by atoms with Gasteiger partial charge in [-0.2, -0.15) is 8.42 Å². The molecule has 0 aromatic heterocycles. The maximum absolute atomic E-state index is 10.6. The van der Waals surface area contributed by atoms with Gasteiger partial charge < -0.3 is 0 Å². The fourth-order valence-corrected chi connectivity index (χ4v) is 1.82. The van der Waals surface area contributed by atoms with Crippen molar-refractivity contribution in [3.05, 3.63) is 23.8 Å². The Balaban J connectivity index is 4.30. The van der Waals surface area contributed by atoms with Gasteiger partial charge in [-0.15, -0.1) is 0 Å². The molecule has 1 unspecified atom stereocenters. The van der Waals surface area contributed by atoms with Crippen molar-refractivity contribution < 1.29 is 13.0 Å². The lowest BCUT2D eigenvalue weighted by atomic mass is 9.94. The summed E-state index contributed by atoms with van der Waals surface area (Å²) in [6, 6.07) is 0. The molecule has 15 heavy (non-hydrogen) atoms. The molecule has 1 N–H and O–H groups in total. The van der Waals surface area contributed by atoms with Gasteiger partial charge >= 0.3 is 0 Å². The van der Waals surface area contributed by atoms with Crippen LogP contribution in [-0.2, 0) is 10.1 Å². The molecule has 0 aromatic rings. The maximum atomic E-state index is 10.6. The summed E-state index contributed by atoms with van der Waals surface area (Å²) in [6.45, 7) is 9.71. The lowest BCUT2D eigenvalue weighted by molar-refractivity contribution is 0.473. The van der Waals surface area contributed by atoms with E-state index in [0.29, 0.717) is 6.42 Å². The molecular formula is C11H20O3S. The van der Waals surface area contributed by atoms with Crippen molar-refractivity contribution in [2.75, 3.05) is 5.75 Å². The predicted octanol–water partition coefficient (Wildman–Crippen LogP) is 2.81. The van der Waals surface area contributed by atoms with Crippen LogP contribution in [0.2, 0.25) is 0 Å². The van der Waals surface area contributed by atoms with Gasteiger partial charge in [0.2, 0.25) is 0 Å². The molecule has 4 heteroatoms. The van der Waals surface area contributed by atoms with Crippen molar-refractivity contribution >= 4 is 10.1 Å². The van der Waals surface area contributed by atoms with Crippen molar-refractivity contribution in [1.82, 2.24) is 0 Å². The fraction of sp³-hybridized carbons (Fsp3) is 0.636. The summed E-state index contributed by atoms with van der Waals surface area (Å²) in [7, 11) is -3.85. The third-order valence-corrected chi connectivity index (χ3v) is 2.98. The second-order valence-corrected chi connectivity index (χ2v) is 5.71. The molecule has 3 nitrogen and oxygen atoms in total. The van der Waals surface area contributed by atoms with E-state index in [0.717, 1.165) is 12.0 Å². The van der Waals surface area contributed by atoms with Gasteiger partial charge in [-0.1, -0.05) is 23.8 Å². The molecule has 0 rings (SSSR count). The lowest BCUT2D eigenvalue weighted by Crippen LogP contribution is -2.10. The van der Waals surface area contributed by atoms with E-state index in [1.807, 2.05) is 20.8 Å². The molecule has 0 spiro atoms. The monoisotopic (exact) mass is 232 g/mol. The van der Waals surface area contributed by atoms with Crippen LogP contribution in [0.4, 0.5) is 0 Å². The molecular weight excluding hydrogens is 212 g/mol. The van der Waals surface area contributed by atoms with E-state index in [1.165, 1.54) is 5.57 Å². The highest BCUT2D eigenvalue weighted by Gasteiger charge is 2.12. The van der Waals surface area contributed by atoms with E-state index in [4.69, 9.17) is 4.55 Å². The summed E-state index contributed by atoms with van der Waals surface area (Å²) in [6.07, 6.45) is 3.27. The number of rotatable bonds is 6. The zero-order chi connectivity index (χ0) is 12.1. The van der Waals surface area contributed by atoms with Gasteiger partial charge in [-0.25, -0.2) is 0 Å². The minimum Gasteiger partial charge on any atom is -0.286 e. The summed E-state index contributed by atoms with van der Waals surface area (Å²) < 4.78 is 29.9. The minimum atomic E-state index is -3.85. The summed E-state index contributed by atoms with van der Waals surface area (Å²) in [5.74, 6) is -0.0666. The topological polar surface area (TPSA) is 54.4 Å². The van der Waals surface area contributed by atoms with Crippen molar-refractivity contribution in [2.45, 2.75) is 33.6 Å². The Morgan fingerprint density at radius 2 is 1.93 bits per heavy atom. The summed E-state index contributed by atoms with van der Waals surface area (Å²) in [4.78, 5) is 0. The van der Waals surface area contributed by atoms with Crippen LogP contribution in [-0.4, -0.2) is 18.7 Å². The molecule has 0 aliphatic carbocycles. The van der Waals surface area contributed by atoms with E-state index >= 15 is 0 Å². The summed E-state index contributed by atoms with van der Waals surface area (Å²) in [5.41, 5.74) is 2.16. The number of hydrogen-bond acceptors (Lipinski definition) is 2. The second kappa shape index (κ2) is 6.08. The smallest absolute Gasteiger partial charge is 0.264 e. The largest absolute Gasteiger partial charge is 0.286 e. The minimum absolute atomic E-state index is 0.127. The molecule has 0 aliphatic heterocycles. The van der Waals surface area contributed by atoms with Crippen LogP contribution in [0.1, 0.15) is 33.6 Å². The van der Waals surface area contributed by atoms with Crippen LogP contribution in [0.3, 0.4) is 0 Å². The quantitative estimate of drug-likeness (QED) is 0.566. The van der Waals surface area contributed by atoms with Gasteiger partial charge in [0.25, 0.3) is 10.1 Å². The zero-order valence-corrected chi connectivity index (χ0v) is 10.5. The highest BCUT2D eigenvalue weighted by atomic mass is 32.2. The third-order valence-electron chi connectivity index (χ3n) is 2.23. The van der Waals surface area contributed by atoms with E-state index in [9.17, 15) is 8.42 Å². The summed E-state index contributed by atoms with van der Waals surface area (Å²) in [5, 5.41) is 0. The Bertz CT molecular complexity index is 335. The molecule has 0 fully saturated rings. The first-order valence-electron chi connectivity index (χ1n) is 4.96. The normalized spacial score (nSPS) is 13.3.